The predicted octanol–water partition coefficient (Wildman–Crippen LogP) is 4.94. The Morgan fingerprint density at radius 1 is 0.963 bits per heavy atom. The summed E-state index contributed by atoms with van der Waals surface area (Å²) >= 11 is 0. The maximum atomic E-state index is 11.7. The van der Waals surface area contributed by atoms with Gasteiger partial charge in [0.05, 0.1) is 0 Å². The molecule has 2 aromatic carbocycles. The van der Waals surface area contributed by atoms with Crippen molar-refractivity contribution in [3.8, 4) is 11.1 Å². The van der Waals surface area contributed by atoms with Crippen LogP contribution in [0.5, 0.6) is 0 Å². The Labute approximate surface area is 172 Å². The van der Waals surface area contributed by atoms with Crippen LogP contribution in [0.25, 0.3) is 11.1 Å². The van der Waals surface area contributed by atoms with Crippen molar-refractivity contribution in [2.24, 2.45) is 0 Å². The fourth-order valence-corrected chi connectivity index (χ4v) is 1.65. The Hall–Kier alpha value is -2.23. The SMILES string of the molecule is Cc1cc(C(F)(F)F)n[n-]1.[CH-]=O.[CH3-].[CH3-].[Re].[c-]1ccccc1-c1[c-]cccc1. The average molecular weight is 547 g/mol. The van der Waals surface area contributed by atoms with Crippen LogP contribution < -0.4 is 5.10 Å². The van der Waals surface area contributed by atoms with Gasteiger partial charge in [0, 0.05) is 20.4 Å². The minimum Gasteiger partial charge on any atom is -0.579 e. The Morgan fingerprint density at radius 2 is 1.41 bits per heavy atom. The zero-order valence-electron chi connectivity index (χ0n) is 15.1. The second-order valence-corrected chi connectivity index (χ2v) is 4.42. The van der Waals surface area contributed by atoms with Gasteiger partial charge in [0.2, 0.25) is 0 Å². The quantitative estimate of drug-likeness (QED) is 0.321. The van der Waals surface area contributed by atoms with Gasteiger partial charge in [-0.05, 0) is 0 Å². The maximum Gasteiger partial charge on any atom is 0.431 e. The van der Waals surface area contributed by atoms with Gasteiger partial charge in [-0.1, -0.05) is 13.0 Å². The summed E-state index contributed by atoms with van der Waals surface area (Å²) in [6, 6.07) is 23.0. The zero-order valence-corrected chi connectivity index (χ0v) is 17.8. The third-order valence-corrected chi connectivity index (χ3v) is 2.66. The number of aromatic nitrogens is 2. The first-order valence-electron chi connectivity index (χ1n) is 6.68. The molecule has 27 heavy (non-hydrogen) atoms. The number of halogens is 3. The minimum atomic E-state index is -4.36. The molecule has 149 valence electrons. The van der Waals surface area contributed by atoms with Gasteiger partial charge in [0.1, 0.15) is 5.69 Å². The minimum absolute atomic E-state index is 0. The van der Waals surface area contributed by atoms with Crippen molar-refractivity contribution in [1.29, 1.82) is 0 Å². The van der Waals surface area contributed by atoms with Crippen LogP contribution >= 0.6 is 0 Å². The third-order valence-electron chi connectivity index (χ3n) is 2.66. The van der Waals surface area contributed by atoms with Gasteiger partial charge in [-0.25, -0.2) is 11.1 Å². The number of hydrogen-bond donors (Lipinski definition) is 0. The molecule has 7 heteroatoms. The van der Waals surface area contributed by atoms with Gasteiger partial charge >= 0.3 is 6.18 Å². The summed E-state index contributed by atoms with van der Waals surface area (Å²) in [7, 11) is 0. The molecule has 0 aliphatic heterocycles. The number of alkyl halides is 3. The molecule has 0 aliphatic carbocycles. The number of aryl methyl sites for hydroxylation is 1. The van der Waals surface area contributed by atoms with Crippen LogP contribution in [0.15, 0.2) is 54.6 Å². The van der Waals surface area contributed by atoms with Crippen LogP contribution in [0, 0.1) is 33.9 Å². The number of carbonyl (C=O) groups excluding carboxylic acids is 1. The van der Waals surface area contributed by atoms with Gasteiger partial charge in [-0.15, -0.1) is 17.8 Å². The average Bonchev–Trinajstić information content (AvgIpc) is 3.06. The molecule has 0 saturated carbocycles. The zero-order chi connectivity index (χ0) is 18.0. The number of hydrogen-bond acceptors (Lipinski definition) is 2. The first kappa shape index (κ1) is 29.5. The first-order valence-corrected chi connectivity index (χ1v) is 6.68. The van der Waals surface area contributed by atoms with Crippen LogP contribution in [0.3, 0.4) is 0 Å². The molecular formula is C20H19F3N2ORe-6. The summed E-state index contributed by atoms with van der Waals surface area (Å²) in [5.41, 5.74) is 1.55. The predicted molar refractivity (Wildman–Crippen MR) is 96.4 cm³/mol. The van der Waals surface area contributed by atoms with Gasteiger partial charge in [-0.2, -0.15) is 61.7 Å². The molecule has 0 unspecified atom stereocenters. The molecule has 0 aliphatic rings. The Balaban J connectivity index is -0.000000359. The summed E-state index contributed by atoms with van der Waals surface area (Å²) in [6.07, 6.45) is -4.36. The van der Waals surface area contributed by atoms with E-state index in [0.29, 0.717) is 0 Å². The van der Waals surface area contributed by atoms with Gasteiger partial charge in [0.15, 0.2) is 0 Å². The maximum absolute atomic E-state index is 11.7. The fourth-order valence-electron chi connectivity index (χ4n) is 1.65. The second kappa shape index (κ2) is 14.9. The van der Waals surface area contributed by atoms with Crippen molar-refractivity contribution >= 4 is 6.79 Å². The van der Waals surface area contributed by atoms with Gasteiger partial charge in [0.25, 0.3) is 0 Å². The molecule has 0 spiro atoms. The van der Waals surface area contributed by atoms with Crippen LogP contribution in [-0.2, 0) is 31.4 Å². The normalized spacial score (nSPS) is 8.89. The summed E-state index contributed by atoms with van der Waals surface area (Å²) in [5.74, 6) is 0. The van der Waals surface area contributed by atoms with E-state index in [0.717, 1.165) is 17.2 Å². The summed E-state index contributed by atoms with van der Waals surface area (Å²) in [6.45, 7) is 4.71. The van der Waals surface area contributed by atoms with E-state index >= 15 is 0 Å². The smallest absolute Gasteiger partial charge is 0.431 e. The molecule has 0 atom stereocenters. The van der Waals surface area contributed by atoms with Crippen molar-refractivity contribution in [3.63, 3.8) is 0 Å². The molecule has 1 aromatic heterocycles. The Bertz CT molecular complexity index is 679. The van der Waals surface area contributed by atoms with E-state index in [1.165, 1.54) is 6.92 Å². The second-order valence-electron chi connectivity index (χ2n) is 4.42. The molecule has 1 heterocycles. The molecule has 3 nitrogen and oxygen atoms in total. The number of rotatable bonds is 1. The molecule has 0 fully saturated rings. The summed E-state index contributed by atoms with van der Waals surface area (Å²) in [4.78, 5) is 7.75. The molecular weight excluding hydrogens is 527 g/mol. The Kier molecular flexibility index (Phi) is 16.3. The summed E-state index contributed by atoms with van der Waals surface area (Å²) in [5, 5.41) is 6.13. The van der Waals surface area contributed by atoms with Crippen molar-refractivity contribution < 1.29 is 38.4 Å². The van der Waals surface area contributed by atoms with Crippen LogP contribution in [0.1, 0.15) is 11.4 Å². The van der Waals surface area contributed by atoms with Crippen molar-refractivity contribution in [2.45, 2.75) is 13.1 Å². The number of nitrogens with zero attached hydrogens (tertiary/aromatic N) is 2. The van der Waals surface area contributed by atoms with Crippen molar-refractivity contribution in [1.82, 2.24) is 10.2 Å². The summed E-state index contributed by atoms with van der Waals surface area (Å²) < 4.78 is 35.1. The number of benzene rings is 2. The van der Waals surface area contributed by atoms with E-state index in [4.69, 9.17) is 4.79 Å². The van der Waals surface area contributed by atoms with Crippen molar-refractivity contribution in [3.05, 3.63) is 93.0 Å². The van der Waals surface area contributed by atoms with Gasteiger partial charge in [-0.3, -0.25) is 6.79 Å². The fraction of sp³-hybridized carbons (Fsp3) is 0.100. The van der Waals surface area contributed by atoms with Crippen LogP contribution in [0.4, 0.5) is 13.2 Å². The molecule has 1 radical (unpaired) electrons. The van der Waals surface area contributed by atoms with Crippen LogP contribution in [-0.4, -0.2) is 11.9 Å². The van der Waals surface area contributed by atoms with E-state index in [2.05, 4.69) is 29.1 Å². The van der Waals surface area contributed by atoms with Crippen molar-refractivity contribution in [2.75, 3.05) is 0 Å². The molecule has 0 saturated heterocycles. The van der Waals surface area contributed by atoms with Crippen LogP contribution in [0.2, 0.25) is 0 Å². The standard InChI is InChI=1S/C12H8.C5H4F3N2.CHO.2CH3.Re/c1-3-7-11(8-4-1)12-9-5-2-6-10-12;1-3-2-4(10-9-3)5(6,7)8;1-2;;;/h1-7,9H;2H,1H3;1H;2*1H3;/q-2;4*-1;. The molecule has 0 amide bonds. The van der Waals surface area contributed by atoms with E-state index in [-0.39, 0.29) is 41.0 Å². The molecule has 0 bridgehead atoms. The van der Waals surface area contributed by atoms with E-state index in [9.17, 15) is 13.2 Å². The molecule has 3 aromatic rings. The van der Waals surface area contributed by atoms with Gasteiger partial charge < -0.3 is 29.8 Å². The first-order chi connectivity index (χ1) is 11.5. The molecule has 0 N–H and O–H groups in total. The van der Waals surface area contributed by atoms with E-state index in [1.807, 2.05) is 48.5 Å². The Morgan fingerprint density at radius 3 is 1.63 bits per heavy atom. The topological polar surface area (TPSA) is 44.1 Å². The molecule has 3 rings (SSSR count). The van der Waals surface area contributed by atoms with E-state index in [1.54, 1.807) is 0 Å². The van der Waals surface area contributed by atoms with E-state index < -0.39 is 11.9 Å². The monoisotopic (exact) mass is 547 g/mol. The largest absolute Gasteiger partial charge is 0.579 e. The third kappa shape index (κ3) is 10.5.